The van der Waals surface area contributed by atoms with E-state index in [0.717, 1.165) is 54.5 Å². The molecule has 48 heavy (non-hydrogen) atoms. The molecule has 0 saturated carbocycles. The van der Waals surface area contributed by atoms with Gasteiger partial charge in [0.2, 0.25) is 5.91 Å². The minimum atomic E-state index is -4.79. The molecule has 0 spiro atoms. The average molecular weight is 688 g/mol. The lowest BCUT2D eigenvalue weighted by atomic mass is 10.0. The normalized spacial score (nSPS) is 18.6. The van der Waals surface area contributed by atoms with Gasteiger partial charge in [-0.1, -0.05) is 42.0 Å². The second-order valence-electron chi connectivity index (χ2n) is 11.9. The molecule has 0 unspecified atom stereocenters. The van der Waals surface area contributed by atoms with Gasteiger partial charge < -0.3 is 25.6 Å². The van der Waals surface area contributed by atoms with Crippen molar-refractivity contribution in [3.05, 3.63) is 66.4 Å². The van der Waals surface area contributed by atoms with Gasteiger partial charge in [-0.25, -0.2) is 9.59 Å². The van der Waals surface area contributed by atoms with E-state index in [4.69, 9.17) is 0 Å². The molecule has 3 aromatic rings. The predicted molar refractivity (Wildman–Crippen MR) is 175 cm³/mol. The number of hydrogen-bond acceptors (Lipinski definition) is 7. The van der Waals surface area contributed by atoms with Gasteiger partial charge in [0.1, 0.15) is 11.4 Å². The molecule has 0 aliphatic carbocycles. The number of benzene rings is 2. The number of fused-ring (bicyclic) bond motifs is 1. The summed E-state index contributed by atoms with van der Waals surface area (Å²) >= 11 is 1.88. The monoisotopic (exact) mass is 687 g/mol. The molecule has 2 aliphatic rings. The third-order valence-corrected chi connectivity index (χ3v) is 9.87. The fourth-order valence-electron chi connectivity index (χ4n) is 5.87. The highest BCUT2D eigenvalue weighted by molar-refractivity contribution is 8.00. The highest BCUT2D eigenvalue weighted by Gasteiger charge is 2.42. The fraction of sp³-hybridized carbons (Fsp3) is 0.485. The van der Waals surface area contributed by atoms with Crippen LogP contribution in [0.3, 0.4) is 0 Å². The SMILES string of the molecule is O=C(CCCC[C@@H]1SC[C@@H]2NC(=O)N[C@@H]21)NCCCCCN(CCc1ccccc1)C(=O)n1cc(-c2ccc(OC(F)(F)F)cc2)nn1. The van der Waals surface area contributed by atoms with E-state index in [9.17, 15) is 27.6 Å². The lowest BCUT2D eigenvalue weighted by Crippen LogP contribution is -2.37. The number of aromatic nitrogens is 3. The van der Waals surface area contributed by atoms with E-state index < -0.39 is 6.36 Å². The van der Waals surface area contributed by atoms with Crippen LogP contribution in [-0.4, -0.2) is 86.9 Å². The van der Waals surface area contributed by atoms with Gasteiger partial charge in [-0.15, -0.1) is 18.3 Å². The van der Waals surface area contributed by atoms with E-state index in [1.54, 1.807) is 4.90 Å². The first kappa shape index (κ1) is 35.0. The molecular weight excluding hydrogens is 647 g/mol. The van der Waals surface area contributed by atoms with E-state index in [2.05, 4.69) is 31.0 Å². The quantitative estimate of drug-likeness (QED) is 0.136. The van der Waals surface area contributed by atoms with Crippen LogP contribution in [-0.2, 0) is 11.2 Å². The van der Waals surface area contributed by atoms with Crippen LogP contribution in [0.15, 0.2) is 60.8 Å². The summed E-state index contributed by atoms with van der Waals surface area (Å²) in [5.41, 5.74) is 1.92. The summed E-state index contributed by atoms with van der Waals surface area (Å²) in [7, 11) is 0. The lowest BCUT2D eigenvalue weighted by molar-refractivity contribution is -0.274. The van der Waals surface area contributed by atoms with Gasteiger partial charge in [-0.3, -0.25) is 4.79 Å². The minimum Gasteiger partial charge on any atom is -0.406 e. The molecule has 1 aromatic heterocycles. The minimum absolute atomic E-state index is 0.0342. The average Bonchev–Trinajstić information content (AvgIpc) is 3.79. The molecule has 0 bridgehead atoms. The van der Waals surface area contributed by atoms with E-state index in [0.29, 0.717) is 49.0 Å². The number of amides is 4. The number of alkyl halides is 3. The van der Waals surface area contributed by atoms with Gasteiger partial charge in [0.15, 0.2) is 0 Å². The van der Waals surface area contributed by atoms with Gasteiger partial charge in [0, 0.05) is 42.6 Å². The number of unbranched alkanes of at least 4 members (excludes halogenated alkanes) is 3. The van der Waals surface area contributed by atoms with Crippen molar-refractivity contribution in [2.45, 2.75) is 75.1 Å². The third-order valence-electron chi connectivity index (χ3n) is 8.36. The molecular formula is C33H40F3N7O4S. The van der Waals surface area contributed by atoms with Crippen molar-refractivity contribution in [1.29, 1.82) is 0 Å². The standard InChI is InChI=1S/C33H40F3N7O4S/c34-33(35,36)47-25-15-13-24(14-16-25)26-21-43(41-40-26)32(46)42(20-17-23-9-3-1-4-10-23)19-8-2-7-18-37-29(44)12-6-5-11-28-30-27(22-48-28)38-31(45)39-30/h1,3-4,9-10,13-16,21,27-28,30H,2,5-8,11-12,17-20,22H2,(H,37,44)(H2,38,39,45)/t27-,28-,30-/m0/s1. The van der Waals surface area contributed by atoms with Crippen LogP contribution in [0.25, 0.3) is 11.3 Å². The Bertz CT molecular complexity index is 1510. The number of urea groups is 1. The van der Waals surface area contributed by atoms with Crippen molar-refractivity contribution in [1.82, 2.24) is 35.8 Å². The molecule has 2 fully saturated rings. The van der Waals surface area contributed by atoms with Crippen LogP contribution in [0.5, 0.6) is 5.75 Å². The zero-order valence-corrected chi connectivity index (χ0v) is 27.3. The number of nitrogens with zero attached hydrogens (tertiary/aromatic N) is 4. The van der Waals surface area contributed by atoms with Gasteiger partial charge in [-0.05, 0) is 68.4 Å². The van der Waals surface area contributed by atoms with E-state index in [1.807, 2.05) is 42.1 Å². The van der Waals surface area contributed by atoms with Crippen molar-refractivity contribution in [2.24, 2.45) is 0 Å². The summed E-state index contributed by atoms with van der Waals surface area (Å²) in [5, 5.41) is 17.4. The summed E-state index contributed by atoms with van der Waals surface area (Å²) in [6.07, 6.45) is 2.84. The van der Waals surface area contributed by atoms with E-state index >= 15 is 0 Å². The van der Waals surface area contributed by atoms with Crippen molar-refractivity contribution in [3.63, 3.8) is 0 Å². The summed E-state index contributed by atoms with van der Waals surface area (Å²) < 4.78 is 42.6. The van der Waals surface area contributed by atoms with Crippen LogP contribution in [0, 0.1) is 0 Å². The highest BCUT2D eigenvalue weighted by atomic mass is 32.2. The molecule has 258 valence electrons. The Labute approximate surface area is 281 Å². The third kappa shape index (κ3) is 10.4. The van der Waals surface area contributed by atoms with Gasteiger partial charge >= 0.3 is 18.4 Å². The topological polar surface area (TPSA) is 130 Å². The van der Waals surface area contributed by atoms with Crippen molar-refractivity contribution < 1.29 is 32.3 Å². The lowest BCUT2D eigenvalue weighted by Gasteiger charge is -2.22. The highest BCUT2D eigenvalue weighted by Crippen LogP contribution is 2.33. The number of nitrogens with one attached hydrogen (secondary N) is 3. The molecule has 11 nitrogen and oxygen atoms in total. The number of halogens is 3. The van der Waals surface area contributed by atoms with Crippen molar-refractivity contribution in [2.75, 3.05) is 25.4 Å². The van der Waals surface area contributed by atoms with Crippen LogP contribution in [0.1, 0.15) is 50.5 Å². The molecule has 0 radical (unpaired) electrons. The summed E-state index contributed by atoms with van der Waals surface area (Å²) in [6.45, 7) is 1.51. The molecule has 4 amide bonds. The number of hydrogen-bond donors (Lipinski definition) is 3. The fourth-order valence-corrected chi connectivity index (χ4v) is 7.41. The number of carbonyl (C=O) groups excluding carboxylic acids is 3. The smallest absolute Gasteiger partial charge is 0.406 e. The van der Waals surface area contributed by atoms with E-state index in [-0.39, 0.29) is 35.8 Å². The molecule has 5 rings (SSSR count). The van der Waals surface area contributed by atoms with Gasteiger partial charge in [0.25, 0.3) is 0 Å². The maximum absolute atomic E-state index is 13.5. The largest absolute Gasteiger partial charge is 0.573 e. The molecule has 15 heteroatoms. The number of thioether (sulfide) groups is 1. The molecule has 3 atom stereocenters. The molecule has 3 heterocycles. The number of rotatable bonds is 16. The Hall–Kier alpha value is -4.27. The first-order valence-corrected chi connectivity index (χ1v) is 17.3. The van der Waals surface area contributed by atoms with Crippen LogP contribution in [0.4, 0.5) is 22.8 Å². The zero-order chi connectivity index (χ0) is 33.9. The predicted octanol–water partition coefficient (Wildman–Crippen LogP) is 5.37. The number of carbonyl (C=O) groups is 3. The first-order valence-electron chi connectivity index (χ1n) is 16.2. The van der Waals surface area contributed by atoms with Crippen molar-refractivity contribution in [3.8, 4) is 17.0 Å². The Morgan fingerprint density at radius 1 is 1.00 bits per heavy atom. The molecule has 2 aromatic carbocycles. The number of ether oxygens (including phenoxy) is 1. The Morgan fingerprint density at radius 2 is 1.79 bits per heavy atom. The maximum Gasteiger partial charge on any atom is 0.573 e. The van der Waals surface area contributed by atoms with Crippen LogP contribution in [0.2, 0.25) is 0 Å². The van der Waals surface area contributed by atoms with E-state index in [1.165, 1.54) is 30.5 Å². The summed E-state index contributed by atoms with van der Waals surface area (Å²) in [5.74, 6) is 0.611. The molecule has 2 saturated heterocycles. The zero-order valence-electron chi connectivity index (χ0n) is 26.5. The Morgan fingerprint density at radius 3 is 2.56 bits per heavy atom. The Kier molecular flexibility index (Phi) is 12.2. The van der Waals surface area contributed by atoms with Crippen molar-refractivity contribution >= 4 is 29.7 Å². The Balaban J connectivity index is 1.04. The second kappa shape index (κ2) is 16.7. The first-order chi connectivity index (χ1) is 23.1. The maximum atomic E-state index is 13.5. The molecule has 3 N–H and O–H groups in total. The van der Waals surface area contributed by atoms with Crippen LogP contribution >= 0.6 is 11.8 Å². The summed E-state index contributed by atoms with van der Waals surface area (Å²) in [4.78, 5) is 39.1. The second-order valence-corrected chi connectivity index (χ2v) is 13.2. The van der Waals surface area contributed by atoms with Crippen LogP contribution < -0.4 is 20.7 Å². The van der Waals surface area contributed by atoms with Gasteiger partial charge in [0.05, 0.1) is 18.3 Å². The molecule has 2 aliphatic heterocycles. The van der Waals surface area contributed by atoms with Gasteiger partial charge in [-0.2, -0.15) is 16.4 Å². The summed E-state index contributed by atoms with van der Waals surface area (Å²) in [6, 6.07) is 15.0.